The molecular formula is C19H17NO5S. The lowest BCUT2D eigenvalue weighted by molar-refractivity contribution is 0.0604. The molecule has 1 aromatic heterocycles. The van der Waals surface area contributed by atoms with E-state index in [9.17, 15) is 9.59 Å². The molecule has 0 aliphatic rings. The summed E-state index contributed by atoms with van der Waals surface area (Å²) in [6.45, 7) is 0. The van der Waals surface area contributed by atoms with Crippen molar-refractivity contribution >= 4 is 38.3 Å². The van der Waals surface area contributed by atoms with Crippen molar-refractivity contribution in [2.75, 3.05) is 26.6 Å². The van der Waals surface area contributed by atoms with Gasteiger partial charge in [0.15, 0.2) is 0 Å². The lowest BCUT2D eigenvalue weighted by Crippen LogP contribution is -2.15. The summed E-state index contributed by atoms with van der Waals surface area (Å²) in [5.74, 6) is 0.0253. The highest BCUT2D eigenvalue weighted by molar-refractivity contribution is 7.23. The van der Waals surface area contributed by atoms with Crippen molar-refractivity contribution in [3.05, 3.63) is 53.6 Å². The Bertz CT molecular complexity index is 979. The highest BCUT2D eigenvalue weighted by Crippen LogP contribution is 2.37. The number of esters is 1. The van der Waals surface area contributed by atoms with E-state index in [1.165, 1.54) is 32.7 Å². The molecule has 0 fully saturated rings. The van der Waals surface area contributed by atoms with E-state index in [4.69, 9.17) is 14.2 Å². The van der Waals surface area contributed by atoms with Gasteiger partial charge in [-0.25, -0.2) is 4.79 Å². The molecule has 6 nitrogen and oxygen atoms in total. The Hall–Kier alpha value is -3.06. The first-order chi connectivity index (χ1) is 12.6. The van der Waals surface area contributed by atoms with Crippen molar-refractivity contribution in [3.63, 3.8) is 0 Å². The largest absolute Gasteiger partial charge is 0.497 e. The second kappa shape index (κ2) is 7.45. The number of ether oxygens (including phenoxy) is 3. The van der Waals surface area contributed by atoms with Crippen molar-refractivity contribution in [1.82, 2.24) is 0 Å². The Labute approximate surface area is 154 Å². The van der Waals surface area contributed by atoms with Crippen LogP contribution in [0, 0.1) is 0 Å². The SMILES string of the molecule is COC(=O)c1c(NC(=O)c2cc(OC)ccc2OC)sc2ccccc12. The number of carbonyl (C=O) groups excluding carboxylic acids is 2. The minimum absolute atomic E-state index is 0.306. The maximum atomic E-state index is 12.8. The van der Waals surface area contributed by atoms with E-state index in [1.807, 2.05) is 24.3 Å². The van der Waals surface area contributed by atoms with E-state index in [2.05, 4.69) is 5.32 Å². The molecule has 1 heterocycles. The first-order valence-corrected chi connectivity index (χ1v) is 8.54. The van der Waals surface area contributed by atoms with Crippen LogP contribution in [0.5, 0.6) is 11.5 Å². The zero-order valence-electron chi connectivity index (χ0n) is 14.5. The van der Waals surface area contributed by atoms with Crippen LogP contribution in [0.2, 0.25) is 0 Å². The molecule has 26 heavy (non-hydrogen) atoms. The Morgan fingerprint density at radius 3 is 2.46 bits per heavy atom. The molecule has 3 aromatic rings. The predicted molar refractivity (Wildman–Crippen MR) is 101 cm³/mol. The van der Waals surface area contributed by atoms with Crippen molar-refractivity contribution in [1.29, 1.82) is 0 Å². The molecule has 0 aliphatic heterocycles. The van der Waals surface area contributed by atoms with Crippen LogP contribution < -0.4 is 14.8 Å². The average Bonchev–Trinajstić information content (AvgIpc) is 3.04. The first kappa shape index (κ1) is 17.8. The van der Waals surface area contributed by atoms with Gasteiger partial charge in [0.1, 0.15) is 22.1 Å². The van der Waals surface area contributed by atoms with Crippen LogP contribution in [-0.4, -0.2) is 33.2 Å². The normalized spacial score (nSPS) is 10.4. The highest BCUT2D eigenvalue weighted by atomic mass is 32.1. The van der Waals surface area contributed by atoms with E-state index in [0.29, 0.717) is 27.6 Å². The third-order valence-corrected chi connectivity index (χ3v) is 4.95. The van der Waals surface area contributed by atoms with Gasteiger partial charge in [-0.3, -0.25) is 4.79 Å². The fourth-order valence-electron chi connectivity index (χ4n) is 2.60. The minimum atomic E-state index is -0.504. The summed E-state index contributed by atoms with van der Waals surface area (Å²) in [7, 11) is 4.31. The summed E-state index contributed by atoms with van der Waals surface area (Å²) in [5.41, 5.74) is 0.642. The van der Waals surface area contributed by atoms with Crippen LogP contribution >= 0.6 is 11.3 Å². The van der Waals surface area contributed by atoms with Crippen molar-refractivity contribution < 1.29 is 23.8 Å². The van der Waals surface area contributed by atoms with Gasteiger partial charge in [-0.2, -0.15) is 0 Å². The summed E-state index contributed by atoms with van der Waals surface area (Å²) < 4.78 is 16.2. The summed E-state index contributed by atoms with van der Waals surface area (Å²) in [6.07, 6.45) is 0. The Morgan fingerprint density at radius 2 is 1.77 bits per heavy atom. The van der Waals surface area contributed by atoms with Gasteiger partial charge in [0.25, 0.3) is 5.91 Å². The maximum absolute atomic E-state index is 12.8. The Kier molecular flexibility index (Phi) is 5.09. The van der Waals surface area contributed by atoms with Crippen LogP contribution in [0.25, 0.3) is 10.1 Å². The van der Waals surface area contributed by atoms with E-state index >= 15 is 0 Å². The summed E-state index contributed by atoms with van der Waals surface area (Å²) in [4.78, 5) is 25.0. The Balaban J connectivity index is 2.04. The number of hydrogen-bond donors (Lipinski definition) is 1. The van der Waals surface area contributed by atoms with E-state index in [-0.39, 0.29) is 0 Å². The number of nitrogens with one attached hydrogen (secondary N) is 1. The molecule has 134 valence electrons. The quantitative estimate of drug-likeness (QED) is 0.687. The van der Waals surface area contributed by atoms with Gasteiger partial charge in [0.2, 0.25) is 0 Å². The van der Waals surface area contributed by atoms with Crippen LogP contribution in [0.4, 0.5) is 5.00 Å². The lowest BCUT2D eigenvalue weighted by Gasteiger charge is -2.11. The first-order valence-electron chi connectivity index (χ1n) is 7.72. The zero-order valence-corrected chi connectivity index (χ0v) is 15.3. The third-order valence-electron chi connectivity index (χ3n) is 3.86. The highest BCUT2D eigenvalue weighted by Gasteiger charge is 2.22. The molecule has 2 aromatic carbocycles. The average molecular weight is 371 g/mol. The van der Waals surface area contributed by atoms with E-state index in [0.717, 1.165) is 10.1 Å². The fourth-order valence-corrected chi connectivity index (χ4v) is 3.69. The molecule has 0 spiro atoms. The van der Waals surface area contributed by atoms with Crippen LogP contribution in [0.15, 0.2) is 42.5 Å². The lowest BCUT2D eigenvalue weighted by atomic mass is 10.1. The van der Waals surface area contributed by atoms with Gasteiger partial charge in [0, 0.05) is 10.1 Å². The zero-order chi connectivity index (χ0) is 18.7. The predicted octanol–water partition coefficient (Wildman–Crippen LogP) is 3.96. The topological polar surface area (TPSA) is 73.9 Å². The van der Waals surface area contributed by atoms with Crippen LogP contribution in [0.1, 0.15) is 20.7 Å². The third kappa shape index (κ3) is 3.21. The molecule has 0 saturated heterocycles. The molecule has 7 heteroatoms. The standard InChI is InChI=1S/C19H17NO5S/c1-23-11-8-9-14(24-2)13(10-11)17(21)20-18-16(19(22)25-3)12-6-4-5-7-15(12)26-18/h4-10H,1-3H3,(H,20,21). The molecule has 0 unspecified atom stereocenters. The number of fused-ring (bicyclic) bond motifs is 1. The number of carbonyl (C=O) groups is 2. The second-order valence-electron chi connectivity index (χ2n) is 5.31. The fraction of sp³-hybridized carbons (Fsp3) is 0.158. The number of benzene rings is 2. The van der Waals surface area contributed by atoms with Gasteiger partial charge < -0.3 is 19.5 Å². The molecule has 0 atom stereocenters. The van der Waals surface area contributed by atoms with Crippen LogP contribution in [0.3, 0.4) is 0 Å². The van der Waals surface area contributed by atoms with Crippen molar-refractivity contribution in [2.24, 2.45) is 0 Å². The number of amides is 1. The van der Waals surface area contributed by atoms with Crippen molar-refractivity contribution in [2.45, 2.75) is 0 Å². The van der Waals surface area contributed by atoms with Gasteiger partial charge in [-0.15, -0.1) is 11.3 Å². The molecule has 3 rings (SSSR count). The minimum Gasteiger partial charge on any atom is -0.497 e. The number of rotatable bonds is 5. The maximum Gasteiger partial charge on any atom is 0.341 e. The number of anilines is 1. The summed E-state index contributed by atoms with van der Waals surface area (Å²) in [5, 5.41) is 3.96. The number of methoxy groups -OCH3 is 3. The summed E-state index contributed by atoms with van der Waals surface area (Å²) >= 11 is 1.31. The molecule has 1 amide bonds. The molecule has 0 radical (unpaired) electrons. The molecular weight excluding hydrogens is 354 g/mol. The van der Waals surface area contributed by atoms with Gasteiger partial charge in [-0.05, 0) is 24.3 Å². The number of hydrogen-bond acceptors (Lipinski definition) is 6. The summed E-state index contributed by atoms with van der Waals surface area (Å²) in [6, 6.07) is 12.3. The second-order valence-corrected chi connectivity index (χ2v) is 6.37. The smallest absolute Gasteiger partial charge is 0.341 e. The molecule has 1 N–H and O–H groups in total. The van der Waals surface area contributed by atoms with Gasteiger partial charge in [-0.1, -0.05) is 18.2 Å². The monoisotopic (exact) mass is 371 g/mol. The number of thiophene rings is 1. The van der Waals surface area contributed by atoms with Crippen LogP contribution in [-0.2, 0) is 4.74 Å². The van der Waals surface area contributed by atoms with Crippen molar-refractivity contribution in [3.8, 4) is 11.5 Å². The van der Waals surface area contributed by atoms with E-state index in [1.54, 1.807) is 18.2 Å². The molecule has 0 bridgehead atoms. The van der Waals surface area contributed by atoms with Gasteiger partial charge >= 0.3 is 5.97 Å². The molecule has 0 saturated carbocycles. The Morgan fingerprint density at radius 1 is 1.00 bits per heavy atom. The molecule has 0 aliphatic carbocycles. The van der Waals surface area contributed by atoms with Gasteiger partial charge in [0.05, 0.1) is 26.9 Å². The van der Waals surface area contributed by atoms with E-state index < -0.39 is 11.9 Å².